The van der Waals surface area contributed by atoms with Crippen LogP contribution in [0.1, 0.15) is 40.3 Å². The molecular formula is C28H33N5O4. The van der Waals surface area contributed by atoms with Gasteiger partial charge in [0, 0.05) is 37.9 Å². The number of para-hydroxylation sites is 1. The lowest BCUT2D eigenvalue weighted by Gasteiger charge is -2.38. The van der Waals surface area contributed by atoms with Gasteiger partial charge in [0.05, 0.1) is 30.1 Å². The Labute approximate surface area is 217 Å². The van der Waals surface area contributed by atoms with Gasteiger partial charge < -0.3 is 20.1 Å². The van der Waals surface area contributed by atoms with Gasteiger partial charge >= 0.3 is 0 Å². The summed E-state index contributed by atoms with van der Waals surface area (Å²) in [6.07, 6.45) is 4.02. The van der Waals surface area contributed by atoms with E-state index in [1.54, 1.807) is 23.1 Å². The highest BCUT2D eigenvalue weighted by Crippen LogP contribution is 2.35. The molecule has 4 rings (SSSR count). The SMILES string of the molecule is C[C@H]1CN([C@@H](C)CO)C(=O)c2cccc(NC(=O)c3cnccn3)c2O[C@@H]1CN(C)Cc1ccccc1. The largest absolute Gasteiger partial charge is 0.486 e. The van der Waals surface area contributed by atoms with Crippen LogP contribution in [-0.4, -0.2) is 75.6 Å². The van der Waals surface area contributed by atoms with Crippen LogP contribution < -0.4 is 10.1 Å². The molecule has 0 radical (unpaired) electrons. The normalized spacial score (nSPS) is 18.4. The molecule has 0 saturated carbocycles. The van der Waals surface area contributed by atoms with Crippen LogP contribution in [0.2, 0.25) is 0 Å². The summed E-state index contributed by atoms with van der Waals surface area (Å²) in [6, 6.07) is 14.9. The van der Waals surface area contributed by atoms with E-state index in [0.717, 1.165) is 6.54 Å². The van der Waals surface area contributed by atoms with Crippen molar-refractivity contribution < 1.29 is 19.4 Å². The fourth-order valence-corrected chi connectivity index (χ4v) is 4.43. The third-order valence-corrected chi connectivity index (χ3v) is 6.52. The van der Waals surface area contributed by atoms with Crippen LogP contribution in [0.25, 0.3) is 0 Å². The number of nitrogens with one attached hydrogen (secondary N) is 1. The van der Waals surface area contributed by atoms with E-state index in [9.17, 15) is 14.7 Å². The smallest absolute Gasteiger partial charge is 0.275 e. The molecule has 9 heteroatoms. The quantitative estimate of drug-likeness (QED) is 0.486. The Kier molecular flexibility index (Phi) is 8.47. The van der Waals surface area contributed by atoms with E-state index in [0.29, 0.717) is 30.1 Å². The summed E-state index contributed by atoms with van der Waals surface area (Å²) in [7, 11) is 2.03. The van der Waals surface area contributed by atoms with E-state index >= 15 is 0 Å². The minimum Gasteiger partial charge on any atom is -0.486 e. The van der Waals surface area contributed by atoms with Crippen LogP contribution in [0.4, 0.5) is 5.69 Å². The Bertz CT molecular complexity index is 1210. The van der Waals surface area contributed by atoms with Crippen LogP contribution in [-0.2, 0) is 6.54 Å². The zero-order valence-corrected chi connectivity index (χ0v) is 21.4. The zero-order chi connectivity index (χ0) is 26.4. The molecular weight excluding hydrogens is 470 g/mol. The number of aliphatic hydroxyl groups is 1. The lowest BCUT2D eigenvalue weighted by molar-refractivity contribution is 0.0343. The van der Waals surface area contributed by atoms with Gasteiger partial charge in [-0.2, -0.15) is 0 Å². The Morgan fingerprint density at radius 1 is 1.22 bits per heavy atom. The number of carbonyl (C=O) groups is 2. The number of amides is 2. The number of anilines is 1. The maximum atomic E-state index is 13.6. The molecule has 1 aromatic heterocycles. The Hall–Kier alpha value is -3.82. The minimum atomic E-state index is -0.453. The van der Waals surface area contributed by atoms with Crippen molar-refractivity contribution in [1.82, 2.24) is 19.8 Å². The number of aromatic nitrogens is 2. The van der Waals surface area contributed by atoms with Gasteiger partial charge in [0.2, 0.25) is 0 Å². The monoisotopic (exact) mass is 503 g/mol. The summed E-state index contributed by atoms with van der Waals surface area (Å²) in [5.41, 5.74) is 2.05. The fourth-order valence-electron chi connectivity index (χ4n) is 4.43. The summed E-state index contributed by atoms with van der Waals surface area (Å²) in [6.45, 7) is 5.47. The van der Waals surface area contributed by atoms with Gasteiger partial charge in [0.15, 0.2) is 5.75 Å². The van der Waals surface area contributed by atoms with Crippen LogP contribution in [0.15, 0.2) is 67.1 Å². The molecule has 1 aliphatic rings. The van der Waals surface area contributed by atoms with Gasteiger partial charge in [-0.05, 0) is 31.7 Å². The maximum Gasteiger partial charge on any atom is 0.275 e. The van der Waals surface area contributed by atoms with E-state index in [4.69, 9.17) is 4.74 Å². The van der Waals surface area contributed by atoms with Crippen LogP contribution in [0.5, 0.6) is 5.75 Å². The van der Waals surface area contributed by atoms with Crippen LogP contribution in [0.3, 0.4) is 0 Å². The van der Waals surface area contributed by atoms with Crippen molar-refractivity contribution in [1.29, 1.82) is 0 Å². The Morgan fingerprint density at radius 3 is 2.70 bits per heavy atom. The zero-order valence-electron chi connectivity index (χ0n) is 21.4. The number of nitrogens with zero attached hydrogens (tertiary/aromatic N) is 4. The molecule has 0 fully saturated rings. The number of likely N-dealkylation sites (N-methyl/N-ethyl adjacent to an activating group) is 1. The molecule has 3 aromatic rings. The number of rotatable bonds is 8. The number of carbonyl (C=O) groups excluding carboxylic acids is 2. The number of hydrogen-bond donors (Lipinski definition) is 2. The molecule has 3 atom stereocenters. The highest BCUT2D eigenvalue weighted by molar-refractivity contribution is 6.06. The van der Waals surface area contributed by atoms with Crippen molar-refractivity contribution in [3.8, 4) is 5.75 Å². The molecule has 2 aromatic carbocycles. The second kappa shape index (κ2) is 11.9. The van der Waals surface area contributed by atoms with Gasteiger partial charge in [0.25, 0.3) is 11.8 Å². The summed E-state index contributed by atoms with van der Waals surface area (Å²) < 4.78 is 6.56. The summed E-state index contributed by atoms with van der Waals surface area (Å²) in [5.74, 6) is -0.446. The molecule has 2 amide bonds. The lowest BCUT2D eigenvalue weighted by Crippen LogP contribution is -2.49. The molecule has 0 spiro atoms. The van der Waals surface area contributed by atoms with E-state index in [2.05, 4.69) is 32.3 Å². The van der Waals surface area contributed by atoms with Crippen molar-refractivity contribution in [2.45, 2.75) is 32.5 Å². The van der Waals surface area contributed by atoms with Gasteiger partial charge in [-0.25, -0.2) is 4.98 Å². The van der Waals surface area contributed by atoms with Gasteiger partial charge in [0.1, 0.15) is 11.8 Å². The van der Waals surface area contributed by atoms with Crippen molar-refractivity contribution in [3.63, 3.8) is 0 Å². The van der Waals surface area contributed by atoms with Gasteiger partial charge in [-0.3, -0.25) is 19.5 Å². The molecule has 2 N–H and O–H groups in total. The highest BCUT2D eigenvalue weighted by Gasteiger charge is 2.34. The molecule has 0 bridgehead atoms. The first-order valence-electron chi connectivity index (χ1n) is 12.4. The first kappa shape index (κ1) is 26.2. The Morgan fingerprint density at radius 2 is 2.00 bits per heavy atom. The highest BCUT2D eigenvalue weighted by atomic mass is 16.5. The predicted octanol–water partition coefficient (Wildman–Crippen LogP) is 3.08. The maximum absolute atomic E-state index is 13.6. The van der Waals surface area contributed by atoms with Crippen molar-refractivity contribution in [2.75, 3.05) is 32.1 Å². The van der Waals surface area contributed by atoms with Crippen LogP contribution >= 0.6 is 0 Å². The Balaban J connectivity index is 1.67. The molecule has 2 heterocycles. The molecule has 37 heavy (non-hydrogen) atoms. The number of benzene rings is 2. The molecule has 1 aliphatic heterocycles. The number of aliphatic hydroxyl groups excluding tert-OH is 1. The average Bonchev–Trinajstić information content (AvgIpc) is 2.91. The van der Waals surface area contributed by atoms with E-state index < -0.39 is 5.91 Å². The van der Waals surface area contributed by atoms with E-state index in [1.165, 1.54) is 24.2 Å². The third-order valence-electron chi connectivity index (χ3n) is 6.52. The standard InChI is InChI=1S/C28H33N5O4/c1-19-15-33(20(2)18-34)28(36)22-10-7-11-23(31-27(35)24-14-29-12-13-30-24)26(22)37-25(19)17-32(3)16-21-8-5-4-6-9-21/h4-14,19-20,25,34H,15-18H2,1-3H3,(H,31,35)/t19-,20-,25+/m0/s1. The summed E-state index contributed by atoms with van der Waals surface area (Å²) in [4.78, 5) is 38.4. The molecule has 9 nitrogen and oxygen atoms in total. The summed E-state index contributed by atoms with van der Waals surface area (Å²) in [5, 5.41) is 12.7. The molecule has 0 saturated heterocycles. The number of ether oxygens (including phenoxy) is 1. The minimum absolute atomic E-state index is 0.0481. The van der Waals surface area contributed by atoms with Gasteiger partial charge in [-0.15, -0.1) is 0 Å². The predicted molar refractivity (Wildman–Crippen MR) is 140 cm³/mol. The fraction of sp³-hybridized carbons (Fsp3) is 0.357. The second-order valence-electron chi connectivity index (χ2n) is 9.53. The molecule has 0 aliphatic carbocycles. The third kappa shape index (κ3) is 6.31. The van der Waals surface area contributed by atoms with Crippen molar-refractivity contribution >= 4 is 17.5 Å². The number of hydrogen-bond acceptors (Lipinski definition) is 7. The average molecular weight is 504 g/mol. The van der Waals surface area contributed by atoms with Gasteiger partial charge in [-0.1, -0.05) is 43.3 Å². The summed E-state index contributed by atoms with van der Waals surface area (Å²) >= 11 is 0. The van der Waals surface area contributed by atoms with E-state index in [1.807, 2.05) is 39.1 Å². The topological polar surface area (TPSA) is 108 Å². The number of fused-ring (bicyclic) bond motifs is 1. The van der Waals surface area contributed by atoms with Crippen molar-refractivity contribution in [2.24, 2.45) is 5.92 Å². The van der Waals surface area contributed by atoms with Crippen LogP contribution in [0, 0.1) is 5.92 Å². The van der Waals surface area contributed by atoms with Crippen molar-refractivity contribution in [3.05, 3.63) is 83.9 Å². The first-order chi connectivity index (χ1) is 17.9. The first-order valence-corrected chi connectivity index (χ1v) is 12.4. The lowest BCUT2D eigenvalue weighted by atomic mass is 9.98. The second-order valence-corrected chi connectivity index (χ2v) is 9.53. The molecule has 0 unspecified atom stereocenters. The molecule has 194 valence electrons. The van der Waals surface area contributed by atoms with E-state index in [-0.39, 0.29) is 36.3 Å².